The van der Waals surface area contributed by atoms with Gasteiger partial charge in [0.2, 0.25) is 11.9 Å². The third-order valence-electron chi connectivity index (χ3n) is 4.80. The highest BCUT2D eigenvalue weighted by Crippen LogP contribution is 2.25. The molecule has 1 aliphatic heterocycles. The standard InChI is InChI=1S/C20H26N4O3/c1-14-8-9-21-20(23-14)24-10-4-5-16(13-24)19(25)22-12-15-6-7-17(26-2)11-18(15)27-3/h6-9,11,16H,4-5,10,12-13H2,1-3H3,(H,22,25). The average molecular weight is 370 g/mol. The Hall–Kier alpha value is -2.83. The molecule has 0 saturated carbocycles. The van der Waals surface area contributed by atoms with Crippen molar-refractivity contribution in [1.29, 1.82) is 0 Å². The summed E-state index contributed by atoms with van der Waals surface area (Å²) < 4.78 is 10.6. The fourth-order valence-electron chi connectivity index (χ4n) is 3.29. The molecule has 2 heterocycles. The summed E-state index contributed by atoms with van der Waals surface area (Å²) in [6.07, 6.45) is 3.58. The van der Waals surface area contributed by atoms with Crippen LogP contribution >= 0.6 is 0 Å². The molecule has 1 fully saturated rings. The van der Waals surface area contributed by atoms with Gasteiger partial charge < -0.3 is 19.7 Å². The maximum atomic E-state index is 12.7. The topological polar surface area (TPSA) is 76.6 Å². The summed E-state index contributed by atoms with van der Waals surface area (Å²) in [7, 11) is 3.23. The van der Waals surface area contributed by atoms with Crippen molar-refractivity contribution in [2.75, 3.05) is 32.2 Å². The van der Waals surface area contributed by atoms with Gasteiger partial charge in [0.15, 0.2) is 0 Å². The number of carbonyl (C=O) groups is 1. The molecular formula is C20H26N4O3. The van der Waals surface area contributed by atoms with Gasteiger partial charge in [-0.15, -0.1) is 0 Å². The number of hydrogen-bond donors (Lipinski definition) is 1. The molecule has 0 bridgehead atoms. The van der Waals surface area contributed by atoms with Gasteiger partial charge in [-0.1, -0.05) is 0 Å². The molecule has 1 N–H and O–H groups in total. The highest BCUT2D eigenvalue weighted by molar-refractivity contribution is 5.79. The minimum Gasteiger partial charge on any atom is -0.497 e. The van der Waals surface area contributed by atoms with E-state index in [1.807, 2.05) is 31.2 Å². The molecule has 0 radical (unpaired) electrons. The van der Waals surface area contributed by atoms with Crippen molar-refractivity contribution in [3.8, 4) is 11.5 Å². The predicted molar refractivity (Wildman–Crippen MR) is 103 cm³/mol. The Balaban J connectivity index is 1.61. The van der Waals surface area contributed by atoms with E-state index in [-0.39, 0.29) is 11.8 Å². The van der Waals surface area contributed by atoms with Crippen LogP contribution in [0.4, 0.5) is 5.95 Å². The molecule has 27 heavy (non-hydrogen) atoms. The van der Waals surface area contributed by atoms with Gasteiger partial charge in [-0.3, -0.25) is 4.79 Å². The largest absolute Gasteiger partial charge is 0.497 e. The lowest BCUT2D eigenvalue weighted by Crippen LogP contribution is -2.43. The highest BCUT2D eigenvalue weighted by atomic mass is 16.5. The summed E-state index contributed by atoms with van der Waals surface area (Å²) in [5, 5.41) is 3.04. The molecule has 1 amide bonds. The number of ether oxygens (including phenoxy) is 2. The first-order chi connectivity index (χ1) is 13.1. The molecule has 1 aromatic heterocycles. The Morgan fingerprint density at radius 2 is 2.15 bits per heavy atom. The molecule has 1 unspecified atom stereocenters. The van der Waals surface area contributed by atoms with Crippen LogP contribution < -0.4 is 19.7 Å². The Labute approximate surface area is 159 Å². The van der Waals surface area contributed by atoms with Gasteiger partial charge in [0, 0.05) is 43.2 Å². The fraction of sp³-hybridized carbons (Fsp3) is 0.450. The molecule has 1 aliphatic rings. The van der Waals surface area contributed by atoms with Crippen LogP contribution in [0.2, 0.25) is 0 Å². The zero-order valence-corrected chi connectivity index (χ0v) is 16.1. The average Bonchev–Trinajstić information content (AvgIpc) is 2.72. The maximum Gasteiger partial charge on any atom is 0.225 e. The number of rotatable bonds is 6. The lowest BCUT2D eigenvalue weighted by Gasteiger charge is -2.32. The zero-order valence-electron chi connectivity index (χ0n) is 16.1. The van der Waals surface area contributed by atoms with E-state index in [0.717, 1.165) is 36.4 Å². The molecule has 1 atom stereocenters. The molecule has 1 saturated heterocycles. The summed E-state index contributed by atoms with van der Waals surface area (Å²) in [6.45, 7) is 3.87. The first kappa shape index (κ1) is 18.9. The minimum absolute atomic E-state index is 0.0465. The van der Waals surface area contributed by atoms with Crippen LogP contribution in [0.25, 0.3) is 0 Å². The molecule has 7 nitrogen and oxygen atoms in total. The summed E-state index contributed by atoms with van der Waals surface area (Å²) in [4.78, 5) is 23.6. The Kier molecular flexibility index (Phi) is 6.11. The number of carbonyl (C=O) groups excluding carboxylic acids is 1. The molecule has 0 spiro atoms. The first-order valence-corrected chi connectivity index (χ1v) is 9.14. The van der Waals surface area contributed by atoms with Gasteiger partial charge in [0.1, 0.15) is 11.5 Å². The number of hydrogen-bond acceptors (Lipinski definition) is 6. The van der Waals surface area contributed by atoms with Crippen molar-refractivity contribution >= 4 is 11.9 Å². The van der Waals surface area contributed by atoms with E-state index in [1.54, 1.807) is 20.4 Å². The number of amides is 1. The highest BCUT2D eigenvalue weighted by Gasteiger charge is 2.27. The number of benzene rings is 1. The van der Waals surface area contributed by atoms with Gasteiger partial charge in [-0.2, -0.15) is 0 Å². The van der Waals surface area contributed by atoms with Crippen molar-refractivity contribution in [3.05, 3.63) is 41.7 Å². The Morgan fingerprint density at radius 3 is 2.89 bits per heavy atom. The molecule has 7 heteroatoms. The van der Waals surface area contributed by atoms with Crippen molar-refractivity contribution < 1.29 is 14.3 Å². The second-order valence-corrected chi connectivity index (χ2v) is 6.68. The second kappa shape index (κ2) is 8.70. The van der Waals surface area contributed by atoms with Crippen LogP contribution in [0.1, 0.15) is 24.1 Å². The maximum absolute atomic E-state index is 12.7. The SMILES string of the molecule is COc1ccc(CNC(=O)C2CCCN(c3nccc(C)n3)C2)c(OC)c1. The number of nitrogens with zero attached hydrogens (tertiary/aromatic N) is 3. The normalized spacial score (nSPS) is 16.7. The van der Waals surface area contributed by atoms with E-state index in [0.29, 0.717) is 24.8 Å². The number of aromatic nitrogens is 2. The van der Waals surface area contributed by atoms with Crippen molar-refractivity contribution in [1.82, 2.24) is 15.3 Å². The Morgan fingerprint density at radius 1 is 1.30 bits per heavy atom. The van der Waals surface area contributed by atoms with E-state index >= 15 is 0 Å². The van der Waals surface area contributed by atoms with Gasteiger partial charge in [-0.25, -0.2) is 9.97 Å². The summed E-state index contributed by atoms with van der Waals surface area (Å²) in [5.74, 6) is 2.10. The summed E-state index contributed by atoms with van der Waals surface area (Å²) in [5.41, 5.74) is 1.85. The first-order valence-electron chi connectivity index (χ1n) is 9.14. The molecule has 144 valence electrons. The number of piperidine rings is 1. The van der Waals surface area contributed by atoms with Crippen LogP contribution in [0, 0.1) is 12.8 Å². The number of methoxy groups -OCH3 is 2. The summed E-state index contributed by atoms with van der Waals surface area (Å²) >= 11 is 0. The monoisotopic (exact) mass is 370 g/mol. The van der Waals surface area contributed by atoms with Crippen LogP contribution in [-0.4, -0.2) is 43.2 Å². The van der Waals surface area contributed by atoms with E-state index in [9.17, 15) is 4.79 Å². The van der Waals surface area contributed by atoms with Gasteiger partial charge in [0.05, 0.1) is 20.1 Å². The number of anilines is 1. The second-order valence-electron chi connectivity index (χ2n) is 6.68. The van der Waals surface area contributed by atoms with Crippen LogP contribution in [0.5, 0.6) is 11.5 Å². The number of aryl methyl sites for hydroxylation is 1. The van der Waals surface area contributed by atoms with E-state index in [4.69, 9.17) is 9.47 Å². The van der Waals surface area contributed by atoms with Crippen molar-refractivity contribution in [2.24, 2.45) is 5.92 Å². The third kappa shape index (κ3) is 4.67. The summed E-state index contributed by atoms with van der Waals surface area (Å²) in [6, 6.07) is 7.46. The fourth-order valence-corrected chi connectivity index (χ4v) is 3.29. The lowest BCUT2D eigenvalue weighted by molar-refractivity contribution is -0.125. The smallest absolute Gasteiger partial charge is 0.225 e. The molecule has 3 rings (SSSR count). The van der Waals surface area contributed by atoms with E-state index in [2.05, 4.69) is 20.2 Å². The third-order valence-corrected chi connectivity index (χ3v) is 4.80. The van der Waals surface area contributed by atoms with Crippen molar-refractivity contribution in [3.63, 3.8) is 0 Å². The molecule has 2 aromatic rings. The van der Waals surface area contributed by atoms with Gasteiger partial charge in [0.25, 0.3) is 0 Å². The zero-order chi connectivity index (χ0) is 19.2. The quantitative estimate of drug-likeness (QED) is 0.841. The lowest BCUT2D eigenvalue weighted by atomic mass is 9.97. The van der Waals surface area contributed by atoms with Crippen LogP contribution in [0.15, 0.2) is 30.5 Å². The minimum atomic E-state index is -0.0768. The predicted octanol–water partition coefficient (Wildman–Crippen LogP) is 2.34. The van der Waals surface area contributed by atoms with Crippen LogP contribution in [0.3, 0.4) is 0 Å². The number of nitrogens with one attached hydrogen (secondary N) is 1. The van der Waals surface area contributed by atoms with Gasteiger partial charge in [-0.05, 0) is 38.0 Å². The molecule has 1 aromatic carbocycles. The Bertz CT molecular complexity index is 797. The van der Waals surface area contributed by atoms with Crippen LogP contribution in [-0.2, 0) is 11.3 Å². The van der Waals surface area contributed by atoms with Crippen molar-refractivity contribution in [2.45, 2.75) is 26.3 Å². The molecular weight excluding hydrogens is 344 g/mol. The van der Waals surface area contributed by atoms with Gasteiger partial charge >= 0.3 is 0 Å². The van der Waals surface area contributed by atoms with E-state index < -0.39 is 0 Å². The van der Waals surface area contributed by atoms with E-state index in [1.165, 1.54) is 0 Å². The molecule has 0 aliphatic carbocycles.